The molecule has 3 rings (SSSR count). The maximum absolute atomic E-state index is 10.2. The number of hydrogen-bond acceptors (Lipinski definition) is 6. The minimum atomic E-state index is -0.327. The standard InChI is InChI=1S/C13H19ClN4O2/c14-11-12(15)16-7-17-13(11)18-4-1-2-9(18)8-6-20-5-3-10(8)19/h7-10,19H,1-6H2,(H2,15,16,17)/t8-,9+,10-/m0/s1. The minimum Gasteiger partial charge on any atom is -0.393 e. The molecule has 2 fully saturated rings. The van der Waals surface area contributed by atoms with Crippen LogP contribution in [0.1, 0.15) is 19.3 Å². The van der Waals surface area contributed by atoms with E-state index in [0.29, 0.717) is 36.3 Å². The van der Waals surface area contributed by atoms with E-state index in [4.69, 9.17) is 22.1 Å². The molecule has 7 heteroatoms. The summed E-state index contributed by atoms with van der Waals surface area (Å²) < 4.78 is 5.53. The monoisotopic (exact) mass is 298 g/mol. The van der Waals surface area contributed by atoms with Gasteiger partial charge in [-0.1, -0.05) is 11.6 Å². The van der Waals surface area contributed by atoms with Gasteiger partial charge in [-0.2, -0.15) is 0 Å². The van der Waals surface area contributed by atoms with Crippen molar-refractivity contribution in [3.63, 3.8) is 0 Å². The van der Waals surface area contributed by atoms with E-state index in [0.717, 1.165) is 19.4 Å². The Morgan fingerprint density at radius 2 is 2.25 bits per heavy atom. The van der Waals surface area contributed by atoms with E-state index >= 15 is 0 Å². The van der Waals surface area contributed by atoms with Gasteiger partial charge in [-0.3, -0.25) is 0 Å². The number of hydrogen-bond donors (Lipinski definition) is 2. The molecular weight excluding hydrogens is 280 g/mol. The SMILES string of the molecule is Nc1ncnc(N2CCC[C@@H]2[C@@H]2COCC[C@@H]2O)c1Cl. The second-order valence-electron chi connectivity index (χ2n) is 5.39. The number of ether oxygens (including phenoxy) is 1. The first-order chi connectivity index (χ1) is 9.68. The number of halogens is 1. The van der Waals surface area contributed by atoms with E-state index < -0.39 is 0 Å². The lowest BCUT2D eigenvalue weighted by atomic mass is 9.89. The van der Waals surface area contributed by atoms with Gasteiger partial charge < -0.3 is 20.5 Å². The first-order valence-corrected chi connectivity index (χ1v) is 7.34. The van der Waals surface area contributed by atoms with Gasteiger partial charge in [-0.05, 0) is 19.3 Å². The third kappa shape index (κ3) is 2.43. The fourth-order valence-corrected chi connectivity index (χ4v) is 3.40. The van der Waals surface area contributed by atoms with Crippen molar-refractivity contribution < 1.29 is 9.84 Å². The molecule has 6 nitrogen and oxygen atoms in total. The van der Waals surface area contributed by atoms with Crippen LogP contribution in [0.3, 0.4) is 0 Å². The van der Waals surface area contributed by atoms with Gasteiger partial charge >= 0.3 is 0 Å². The predicted molar refractivity (Wildman–Crippen MR) is 76.8 cm³/mol. The number of nitrogens with zero attached hydrogens (tertiary/aromatic N) is 3. The lowest BCUT2D eigenvalue weighted by Gasteiger charge is -2.37. The number of rotatable bonds is 2. The van der Waals surface area contributed by atoms with Crippen molar-refractivity contribution in [2.75, 3.05) is 30.4 Å². The van der Waals surface area contributed by atoms with Crippen LogP contribution in [0.5, 0.6) is 0 Å². The second kappa shape index (κ2) is 5.71. The Morgan fingerprint density at radius 3 is 3.05 bits per heavy atom. The minimum absolute atomic E-state index is 0.0958. The van der Waals surface area contributed by atoms with Gasteiger partial charge in [0.05, 0.1) is 12.7 Å². The summed E-state index contributed by atoms with van der Waals surface area (Å²) in [5.74, 6) is 1.06. The molecule has 1 aromatic heterocycles. The van der Waals surface area contributed by atoms with Crippen LogP contribution in [0.15, 0.2) is 6.33 Å². The summed E-state index contributed by atoms with van der Waals surface area (Å²) >= 11 is 6.23. The Bertz CT molecular complexity index is 487. The van der Waals surface area contributed by atoms with Crippen LogP contribution in [-0.4, -0.2) is 47.0 Å². The van der Waals surface area contributed by atoms with Crippen molar-refractivity contribution in [2.45, 2.75) is 31.4 Å². The Labute approximate surface area is 122 Å². The zero-order chi connectivity index (χ0) is 14.1. The average molecular weight is 299 g/mol. The zero-order valence-corrected chi connectivity index (χ0v) is 12.0. The van der Waals surface area contributed by atoms with Crippen LogP contribution in [-0.2, 0) is 4.74 Å². The summed E-state index contributed by atoms with van der Waals surface area (Å²) in [7, 11) is 0. The topological polar surface area (TPSA) is 84.5 Å². The van der Waals surface area contributed by atoms with Crippen LogP contribution in [0.4, 0.5) is 11.6 Å². The summed E-state index contributed by atoms with van der Waals surface area (Å²) in [6, 6.07) is 0.192. The van der Waals surface area contributed by atoms with Gasteiger partial charge in [0.2, 0.25) is 0 Å². The highest BCUT2D eigenvalue weighted by Gasteiger charge is 2.38. The number of aliphatic hydroxyl groups excluding tert-OH is 1. The molecule has 0 unspecified atom stereocenters. The highest BCUT2D eigenvalue weighted by molar-refractivity contribution is 6.35. The molecule has 3 heterocycles. The molecule has 0 aliphatic carbocycles. The molecule has 0 aromatic carbocycles. The molecule has 1 aromatic rings. The van der Waals surface area contributed by atoms with Crippen LogP contribution in [0, 0.1) is 5.92 Å². The molecule has 2 saturated heterocycles. The van der Waals surface area contributed by atoms with Gasteiger partial charge in [0, 0.05) is 25.1 Å². The highest BCUT2D eigenvalue weighted by atomic mass is 35.5. The van der Waals surface area contributed by atoms with Crippen molar-refractivity contribution >= 4 is 23.2 Å². The van der Waals surface area contributed by atoms with E-state index in [-0.39, 0.29) is 18.1 Å². The van der Waals surface area contributed by atoms with Crippen LogP contribution >= 0.6 is 11.6 Å². The summed E-state index contributed by atoms with van der Waals surface area (Å²) in [5.41, 5.74) is 5.76. The van der Waals surface area contributed by atoms with Gasteiger partial charge in [0.15, 0.2) is 5.82 Å². The lowest BCUT2D eigenvalue weighted by Crippen LogP contribution is -2.46. The largest absolute Gasteiger partial charge is 0.393 e. The average Bonchev–Trinajstić information content (AvgIpc) is 2.91. The quantitative estimate of drug-likeness (QED) is 0.850. The van der Waals surface area contributed by atoms with Crippen LogP contribution < -0.4 is 10.6 Å². The summed E-state index contributed by atoms with van der Waals surface area (Å²) in [6.07, 6.45) is 3.85. The summed E-state index contributed by atoms with van der Waals surface area (Å²) in [6.45, 7) is 2.08. The Balaban J connectivity index is 1.86. The molecule has 3 N–H and O–H groups in total. The van der Waals surface area contributed by atoms with Crippen molar-refractivity contribution in [2.24, 2.45) is 5.92 Å². The number of aromatic nitrogens is 2. The van der Waals surface area contributed by atoms with Crippen molar-refractivity contribution in [3.8, 4) is 0 Å². The Morgan fingerprint density at radius 1 is 1.40 bits per heavy atom. The van der Waals surface area contributed by atoms with E-state index in [2.05, 4.69) is 14.9 Å². The molecule has 20 heavy (non-hydrogen) atoms. The predicted octanol–water partition coefficient (Wildman–Crippen LogP) is 1.08. The van der Waals surface area contributed by atoms with Gasteiger partial charge in [-0.15, -0.1) is 0 Å². The molecule has 110 valence electrons. The third-order valence-electron chi connectivity index (χ3n) is 4.23. The fraction of sp³-hybridized carbons (Fsp3) is 0.692. The maximum atomic E-state index is 10.2. The molecule has 0 bridgehead atoms. The number of anilines is 2. The molecule has 0 spiro atoms. The number of aliphatic hydroxyl groups is 1. The van der Waals surface area contributed by atoms with E-state index in [9.17, 15) is 5.11 Å². The van der Waals surface area contributed by atoms with Gasteiger partial charge in [0.25, 0.3) is 0 Å². The summed E-state index contributed by atoms with van der Waals surface area (Å²) in [5, 5.41) is 10.6. The van der Waals surface area contributed by atoms with E-state index in [1.54, 1.807) is 0 Å². The molecular formula is C13H19ClN4O2. The first kappa shape index (κ1) is 13.9. The molecule has 3 atom stereocenters. The van der Waals surface area contributed by atoms with E-state index in [1.807, 2.05) is 0 Å². The number of nitrogens with two attached hydrogens (primary N) is 1. The molecule has 2 aliphatic heterocycles. The zero-order valence-electron chi connectivity index (χ0n) is 11.2. The fourth-order valence-electron chi connectivity index (χ4n) is 3.19. The van der Waals surface area contributed by atoms with Gasteiger partial charge in [-0.25, -0.2) is 9.97 Å². The number of nitrogen functional groups attached to an aromatic ring is 1. The van der Waals surface area contributed by atoms with Crippen molar-refractivity contribution in [3.05, 3.63) is 11.3 Å². The first-order valence-electron chi connectivity index (χ1n) is 6.97. The maximum Gasteiger partial charge on any atom is 0.153 e. The third-order valence-corrected chi connectivity index (χ3v) is 4.59. The molecule has 2 aliphatic rings. The molecule has 0 radical (unpaired) electrons. The second-order valence-corrected chi connectivity index (χ2v) is 5.77. The lowest BCUT2D eigenvalue weighted by molar-refractivity contribution is -0.0438. The Hall–Kier alpha value is -1.11. The van der Waals surface area contributed by atoms with Gasteiger partial charge in [0.1, 0.15) is 17.2 Å². The van der Waals surface area contributed by atoms with Crippen molar-refractivity contribution in [1.82, 2.24) is 9.97 Å². The smallest absolute Gasteiger partial charge is 0.153 e. The van der Waals surface area contributed by atoms with Crippen molar-refractivity contribution in [1.29, 1.82) is 0 Å². The van der Waals surface area contributed by atoms with E-state index in [1.165, 1.54) is 6.33 Å². The highest BCUT2D eigenvalue weighted by Crippen LogP contribution is 2.36. The Kier molecular flexibility index (Phi) is 3.96. The summed E-state index contributed by atoms with van der Waals surface area (Å²) in [4.78, 5) is 10.3. The molecule has 0 saturated carbocycles. The molecule has 0 amide bonds. The normalized spacial score (nSPS) is 30.7. The van der Waals surface area contributed by atoms with Crippen LogP contribution in [0.25, 0.3) is 0 Å². The van der Waals surface area contributed by atoms with Crippen LogP contribution in [0.2, 0.25) is 5.02 Å².